The number of carbonyl (C=O) groups excluding carboxylic acids is 1. The van der Waals surface area contributed by atoms with Gasteiger partial charge in [-0.2, -0.15) is 0 Å². The Labute approximate surface area is 85.5 Å². The van der Waals surface area contributed by atoms with Gasteiger partial charge in [-0.05, 0) is 22.7 Å². The van der Waals surface area contributed by atoms with Crippen molar-refractivity contribution in [3.63, 3.8) is 0 Å². The number of halogens is 1. The second kappa shape index (κ2) is 3.16. The zero-order valence-electron chi connectivity index (χ0n) is 7.36. The molecule has 0 radical (unpaired) electrons. The number of carboxylic acid groups (broad SMARTS) is 1. The standard InChI is InChI=1S/C8H9ClN2O3/c9-7(12)10-1-5-3-11(8(13)14)4-6(5)2-10/h1-4H2,(H,13,14). The third kappa shape index (κ3) is 1.43. The van der Waals surface area contributed by atoms with Crippen LogP contribution in [0, 0.1) is 0 Å². The molecule has 0 saturated heterocycles. The molecular formula is C8H9ClN2O3. The molecule has 6 heteroatoms. The molecule has 5 nitrogen and oxygen atoms in total. The molecule has 0 aromatic carbocycles. The first-order valence-corrected chi connectivity index (χ1v) is 4.58. The number of hydrogen-bond donors (Lipinski definition) is 1. The maximum atomic E-state index is 10.8. The average Bonchev–Trinajstić information content (AvgIpc) is 2.57. The summed E-state index contributed by atoms with van der Waals surface area (Å²) in [5.74, 6) is 0. The molecule has 0 unspecified atom stereocenters. The Morgan fingerprint density at radius 1 is 1.07 bits per heavy atom. The summed E-state index contributed by atoms with van der Waals surface area (Å²) in [5.41, 5.74) is 2.03. The minimum absolute atomic E-state index is 0.408. The molecule has 1 N–H and O–H groups in total. The van der Waals surface area contributed by atoms with Gasteiger partial charge in [0.15, 0.2) is 0 Å². The van der Waals surface area contributed by atoms with Gasteiger partial charge in [-0.1, -0.05) is 0 Å². The normalized spacial score (nSPS) is 20.4. The van der Waals surface area contributed by atoms with E-state index in [1.807, 2.05) is 0 Å². The minimum Gasteiger partial charge on any atom is -0.465 e. The van der Waals surface area contributed by atoms with Crippen LogP contribution in [-0.2, 0) is 0 Å². The van der Waals surface area contributed by atoms with Crippen molar-refractivity contribution in [2.75, 3.05) is 26.2 Å². The number of hydrogen-bond acceptors (Lipinski definition) is 2. The van der Waals surface area contributed by atoms with Crippen molar-refractivity contribution in [1.82, 2.24) is 9.80 Å². The maximum Gasteiger partial charge on any atom is 0.407 e. The first-order chi connectivity index (χ1) is 6.58. The molecule has 2 rings (SSSR count). The van der Waals surface area contributed by atoms with E-state index in [-0.39, 0.29) is 0 Å². The van der Waals surface area contributed by atoms with Crippen LogP contribution in [0.3, 0.4) is 0 Å². The van der Waals surface area contributed by atoms with E-state index in [0.29, 0.717) is 26.2 Å². The third-order valence-electron chi connectivity index (χ3n) is 2.55. The molecule has 0 spiro atoms. The summed E-state index contributed by atoms with van der Waals surface area (Å²) in [5, 5.41) is 8.27. The second-order valence-electron chi connectivity index (χ2n) is 3.45. The van der Waals surface area contributed by atoms with Gasteiger partial charge in [-0.15, -0.1) is 0 Å². The van der Waals surface area contributed by atoms with Gasteiger partial charge in [0.25, 0.3) is 0 Å². The van der Waals surface area contributed by atoms with Crippen LogP contribution in [0.15, 0.2) is 11.1 Å². The fourth-order valence-corrected chi connectivity index (χ4v) is 1.96. The average molecular weight is 217 g/mol. The second-order valence-corrected chi connectivity index (χ2v) is 3.78. The molecule has 76 valence electrons. The van der Waals surface area contributed by atoms with Crippen LogP contribution in [0.1, 0.15) is 0 Å². The van der Waals surface area contributed by atoms with Gasteiger partial charge in [-0.25, -0.2) is 4.79 Å². The molecule has 2 heterocycles. The lowest BCUT2D eigenvalue weighted by Gasteiger charge is -2.18. The zero-order valence-corrected chi connectivity index (χ0v) is 8.12. The first kappa shape index (κ1) is 9.33. The van der Waals surface area contributed by atoms with Crippen LogP contribution < -0.4 is 0 Å². The number of rotatable bonds is 0. The van der Waals surface area contributed by atoms with Gasteiger partial charge in [0.05, 0.1) is 0 Å². The smallest absolute Gasteiger partial charge is 0.407 e. The highest BCUT2D eigenvalue weighted by Crippen LogP contribution is 2.26. The van der Waals surface area contributed by atoms with Crippen LogP contribution in [0.25, 0.3) is 0 Å². The summed E-state index contributed by atoms with van der Waals surface area (Å²) >= 11 is 5.33. The lowest BCUT2D eigenvalue weighted by molar-refractivity contribution is 0.155. The van der Waals surface area contributed by atoms with Gasteiger partial charge in [0, 0.05) is 26.2 Å². The Kier molecular flexibility index (Phi) is 2.11. The van der Waals surface area contributed by atoms with Crippen molar-refractivity contribution in [1.29, 1.82) is 0 Å². The highest BCUT2D eigenvalue weighted by Gasteiger charge is 2.33. The van der Waals surface area contributed by atoms with E-state index in [9.17, 15) is 9.59 Å². The third-order valence-corrected chi connectivity index (χ3v) is 2.79. The van der Waals surface area contributed by atoms with Crippen LogP contribution in [0.2, 0.25) is 0 Å². The van der Waals surface area contributed by atoms with Crippen molar-refractivity contribution in [3.05, 3.63) is 11.1 Å². The molecular weight excluding hydrogens is 208 g/mol. The summed E-state index contributed by atoms with van der Waals surface area (Å²) in [6, 6.07) is 0. The van der Waals surface area contributed by atoms with Crippen molar-refractivity contribution in [2.45, 2.75) is 0 Å². The van der Waals surface area contributed by atoms with Crippen molar-refractivity contribution < 1.29 is 14.7 Å². The van der Waals surface area contributed by atoms with Crippen molar-refractivity contribution in [3.8, 4) is 0 Å². The molecule has 0 bridgehead atoms. The Balaban J connectivity index is 2.00. The molecule has 0 atom stereocenters. The Hall–Kier alpha value is -1.23. The highest BCUT2D eigenvalue weighted by molar-refractivity contribution is 6.62. The Morgan fingerprint density at radius 2 is 1.50 bits per heavy atom. The molecule has 14 heavy (non-hydrogen) atoms. The summed E-state index contributed by atoms with van der Waals surface area (Å²) in [4.78, 5) is 24.3. The fourth-order valence-electron chi connectivity index (χ4n) is 1.84. The van der Waals surface area contributed by atoms with Crippen molar-refractivity contribution in [2.24, 2.45) is 0 Å². The van der Waals surface area contributed by atoms with E-state index in [2.05, 4.69) is 0 Å². The Bertz CT molecular complexity index is 291. The van der Waals surface area contributed by atoms with E-state index < -0.39 is 11.5 Å². The van der Waals surface area contributed by atoms with E-state index in [0.717, 1.165) is 11.1 Å². The topological polar surface area (TPSA) is 60.9 Å². The molecule has 2 aliphatic heterocycles. The molecule has 0 aliphatic carbocycles. The van der Waals surface area contributed by atoms with E-state index in [1.54, 1.807) is 0 Å². The monoisotopic (exact) mass is 216 g/mol. The lowest BCUT2D eigenvalue weighted by atomic mass is 10.2. The predicted octanol–water partition coefficient (Wildman–Crippen LogP) is 0.951. The quantitative estimate of drug-likeness (QED) is 0.373. The van der Waals surface area contributed by atoms with Gasteiger partial charge in [0.2, 0.25) is 0 Å². The number of carbonyl (C=O) groups is 2. The molecule has 0 saturated carbocycles. The molecule has 2 aliphatic rings. The molecule has 2 amide bonds. The fraction of sp³-hybridized carbons (Fsp3) is 0.500. The summed E-state index contributed by atoms with van der Waals surface area (Å²) < 4.78 is 0. The van der Waals surface area contributed by atoms with Crippen LogP contribution in [0.5, 0.6) is 0 Å². The number of nitrogens with zero attached hydrogens (tertiary/aromatic N) is 2. The molecule has 0 aromatic heterocycles. The largest absolute Gasteiger partial charge is 0.465 e. The van der Waals surface area contributed by atoms with Gasteiger partial charge in [-0.3, -0.25) is 4.79 Å². The number of amides is 2. The Morgan fingerprint density at radius 3 is 1.86 bits per heavy atom. The summed E-state index contributed by atoms with van der Waals surface area (Å²) in [6.45, 7) is 1.76. The minimum atomic E-state index is -0.914. The lowest BCUT2D eigenvalue weighted by Crippen LogP contribution is -2.33. The van der Waals surface area contributed by atoms with Gasteiger partial charge < -0.3 is 14.9 Å². The maximum absolute atomic E-state index is 10.8. The van der Waals surface area contributed by atoms with E-state index in [1.165, 1.54) is 9.80 Å². The molecule has 0 aromatic rings. The van der Waals surface area contributed by atoms with E-state index >= 15 is 0 Å². The molecule has 0 fully saturated rings. The summed E-state index contributed by atoms with van der Waals surface area (Å²) in [7, 11) is 0. The summed E-state index contributed by atoms with van der Waals surface area (Å²) in [6.07, 6.45) is -0.914. The zero-order chi connectivity index (χ0) is 10.3. The van der Waals surface area contributed by atoms with Crippen LogP contribution >= 0.6 is 11.6 Å². The van der Waals surface area contributed by atoms with Crippen molar-refractivity contribution >= 4 is 23.1 Å². The van der Waals surface area contributed by atoms with Crippen LogP contribution in [0.4, 0.5) is 9.59 Å². The first-order valence-electron chi connectivity index (χ1n) is 4.20. The highest BCUT2D eigenvalue weighted by atomic mass is 35.5. The van der Waals surface area contributed by atoms with E-state index in [4.69, 9.17) is 16.7 Å². The predicted molar refractivity (Wildman–Crippen MR) is 49.4 cm³/mol. The van der Waals surface area contributed by atoms with Gasteiger partial charge >= 0.3 is 11.5 Å². The van der Waals surface area contributed by atoms with Crippen LogP contribution in [-0.4, -0.2) is 52.5 Å². The SMILES string of the molecule is O=C(O)N1CC2=C(C1)CN(C(=O)Cl)C2. The van der Waals surface area contributed by atoms with Gasteiger partial charge in [0.1, 0.15) is 0 Å².